The summed E-state index contributed by atoms with van der Waals surface area (Å²) in [7, 11) is 0. The Morgan fingerprint density at radius 1 is 1.06 bits per heavy atom. The third-order valence-corrected chi connectivity index (χ3v) is 4.15. The maximum absolute atomic E-state index is 5.49. The van der Waals surface area contributed by atoms with Crippen molar-refractivity contribution in [3.05, 3.63) is 0 Å². The second kappa shape index (κ2) is 8.08. The van der Waals surface area contributed by atoms with Gasteiger partial charge >= 0.3 is 0 Å². The first-order chi connectivity index (χ1) is 7.75. The number of hydrogen-bond acceptors (Lipinski definition) is 2. The molecule has 2 heteroatoms. The zero-order valence-corrected chi connectivity index (χ0v) is 11.3. The van der Waals surface area contributed by atoms with Crippen LogP contribution in [-0.2, 0) is 0 Å². The quantitative estimate of drug-likeness (QED) is 0.676. The highest BCUT2D eigenvalue weighted by Gasteiger charge is 2.23. The highest BCUT2D eigenvalue weighted by atomic mass is 15.2. The van der Waals surface area contributed by atoms with E-state index in [9.17, 15) is 0 Å². The van der Waals surface area contributed by atoms with Gasteiger partial charge in [0, 0.05) is 6.04 Å². The van der Waals surface area contributed by atoms with Crippen molar-refractivity contribution >= 4 is 0 Å². The van der Waals surface area contributed by atoms with Gasteiger partial charge in [0.15, 0.2) is 0 Å². The predicted octanol–water partition coefficient (Wildman–Crippen LogP) is 3.02. The number of nitrogens with zero attached hydrogens (tertiary/aromatic N) is 1. The molecule has 0 aromatic heterocycles. The molecule has 0 amide bonds. The van der Waals surface area contributed by atoms with Crippen molar-refractivity contribution in [1.82, 2.24) is 4.90 Å². The Labute approximate surface area is 102 Å². The predicted molar refractivity (Wildman–Crippen MR) is 71.6 cm³/mol. The van der Waals surface area contributed by atoms with Gasteiger partial charge in [-0.15, -0.1) is 0 Å². The zero-order valence-electron chi connectivity index (χ0n) is 11.3. The molecule has 0 spiro atoms. The van der Waals surface area contributed by atoms with Crippen LogP contribution in [0.2, 0.25) is 0 Å². The molecule has 0 radical (unpaired) electrons. The molecule has 1 aliphatic rings. The minimum Gasteiger partial charge on any atom is -0.330 e. The molecule has 0 bridgehead atoms. The Balaban J connectivity index is 2.03. The Morgan fingerprint density at radius 3 is 2.50 bits per heavy atom. The first-order valence-electron chi connectivity index (χ1n) is 7.20. The van der Waals surface area contributed by atoms with E-state index < -0.39 is 0 Å². The van der Waals surface area contributed by atoms with E-state index in [0.717, 1.165) is 18.5 Å². The number of rotatable bonds is 7. The third-order valence-electron chi connectivity index (χ3n) is 4.15. The van der Waals surface area contributed by atoms with Gasteiger partial charge in [-0.1, -0.05) is 26.2 Å². The zero-order chi connectivity index (χ0) is 11.8. The molecule has 1 aliphatic heterocycles. The smallest absolute Gasteiger partial charge is 0.00925 e. The fourth-order valence-corrected chi connectivity index (χ4v) is 2.73. The molecule has 1 fully saturated rings. The first-order valence-corrected chi connectivity index (χ1v) is 7.20. The van der Waals surface area contributed by atoms with Crippen LogP contribution >= 0.6 is 0 Å². The van der Waals surface area contributed by atoms with E-state index >= 15 is 0 Å². The van der Waals surface area contributed by atoms with Crippen LogP contribution in [0.1, 0.15) is 58.8 Å². The summed E-state index contributed by atoms with van der Waals surface area (Å²) in [6, 6.07) is 0.804. The first kappa shape index (κ1) is 14.0. The summed E-state index contributed by atoms with van der Waals surface area (Å²) in [6.45, 7) is 8.30. The Morgan fingerprint density at radius 2 is 1.75 bits per heavy atom. The number of nitrogens with two attached hydrogens (primary N) is 1. The lowest BCUT2D eigenvalue weighted by Gasteiger charge is -2.37. The summed E-state index contributed by atoms with van der Waals surface area (Å²) in [5, 5.41) is 0. The fraction of sp³-hybridized carbons (Fsp3) is 1.00. The molecule has 2 unspecified atom stereocenters. The van der Waals surface area contributed by atoms with E-state index in [0.29, 0.717) is 0 Å². The van der Waals surface area contributed by atoms with Gasteiger partial charge in [-0.2, -0.15) is 0 Å². The van der Waals surface area contributed by atoms with Crippen molar-refractivity contribution in [2.75, 3.05) is 19.6 Å². The Kier molecular flexibility index (Phi) is 7.06. The summed E-state index contributed by atoms with van der Waals surface area (Å²) in [5.74, 6) is 0.894. The molecule has 0 aromatic carbocycles. The van der Waals surface area contributed by atoms with E-state index in [1.54, 1.807) is 0 Å². The third kappa shape index (κ3) is 4.84. The number of hydrogen-bond donors (Lipinski definition) is 1. The minimum atomic E-state index is 0.804. The molecular weight excluding hydrogens is 196 g/mol. The molecule has 2 atom stereocenters. The van der Waals surface area contributed by atoms with Crippen LogP contribution in [0.15, 0.2) is 0 Å². The topological polar surface area (TPSA) is 29.3 Å². The lowest BCUT2D eigenvalue weighted by Crippen LogP contribution is -2.42. The maximum Gasteiger partial charge on any atom is 0.00925 e. The van der Waals surface area contributed by atoms with E-state index in [1.807, 2.05) is 0 Å². The van der Waals surface area contributed by atoms with E-state index in [1.165, 1.54) is 58.0 Å². The van der Waals surface area contributed by atoms with E-state index in [4.69, 9.17) is 5.73 Å². The van der Waals surface area contributed by atoms with Gasteiger partial charge in [0.05, 0.1) is 0 Å². The molecule has 0 saturated carbocycles. The minimum absolute atomic E-state index is 0.804. The molecule has 2 N–H and O–H groups in total. The second-order valence-electron chi connectivity index (χ2n) is 5.45. The molecule has 0 aliphatic carbocycles. The normalized spacial score (nSPS) is 27.2. The van der Waals surface area contributed by atoms with Crippen molar-refractivity contribution in [3.63, 3.8) is 0 Å². The summed E-state index contributed by atoms with van der Waals surface area (Å²) in [4.78, 5) is 2.69. The molecule has 1 saturated heterocycles. The van der Waals surface area contributed by atoms with Gasteiger partial charge in [0.25, 0.3) is 0 Å². The van der Waals surface area contributed by atoms with Crippen molar-refractivity contribution in [3.8, 4) is 0 Å². The second-order valence-corrected chi connectivity index (χ2v) is 5.45. The molecular formula is C14H30N2. The van der Waals surface area contributed by atoms with Crippen LogP contribution in [0, 0.1) is 5.92 Å². The number of likely N-dealkylation sites (tertiary alicyclic amines) is 1. The van der Waals surface area contributed by atoms with Gasteiger partial charge in [-0.25, -0.2) is 0 Å². The van der Waals surface area contributed by atoms with Gasteiger partial charge in [-0.05, 0) is 58.2 Å². The lowest BCUT2D eigenvalue weighted by molar-refractivity contribution is 0.112. The van der Waals surface area contributed by atoms with Gasteiger partial charge < -0.3 is 10.6 Å². The van der Waals surface area contributed by atoms with Gasteiger partial charge in [0.1, 0.15) is 0 Å². The van der Waals surface area contributed by atoms with Crippen LogP contribution < -0.4 is 5.73 Å². The van der Waals surface area contributed by atoms with Crippen LogP contribution in [0.4, 0.5) is 0 Å². The van der Waals surface area contributed by atoms with Crippen LogP contribution in [0.5, 0.6) is 0 Å². The summed E-state index contributed by atoms with van der Waals surface area (Å²) in [5.41, 5.74) is 5.49. The molecule has 1 rings (SSSR count). The van der Waals surface area contributed by atoms with E-state index in [2.05, 4.69) is 18.7 Å². The van der Waals surface area contributed by atoms with Crippen LogP contribution in [-0.4, -0.2) is 30.6 Å². The average molecular weight is 226 g/mol. The number of unbranched alkanes of at least 4 members (excludes halogenated alkanes) is 4. The largest absolute Gasteiger partial charge is 0.330 e. The molecule has 16 heavy (non-hydrogen) atoms. The lowest BCUT2D eigenvalue weighted by atomic mass is 9.92. The summed E-state index contributed by atoms with van der Waals surface area (Å²) in [6.07, 6.45) is 9.49. The molecule has 0 aromatic rings. The molecule has 1 heterocycles. The summed E-state index contributed by atoms with van der Waals surface area (Å²) >= 11 is 0. The van der Waals surface area contributed by atoms with Crippen molar-refractivity contribution in [1.29, 1.82) is 0 Å². The Bertz CT molecular complexity index is 170. The van der Waals surface area contributed by atoms with E-state index in [-0.39, 0.29) is 0 Å². The Hall–Kier alpha value is -0.0800. The fourth-order valence-electron chi connectivity index (χ4n) is 2.73. The maximum atomic E-state index is 5.49. The molecule has 96 valence electrons. The van der Waals surface area contributed by atoms with Crippen LogP contribution in [0.3, 0.4) is 0 Å². The summed E-state index contributed by atoms with van der Waals surface area (Å²) < 4.78 is 0. The van der Waals surface area contributed by atoms with Crippen molar-refractivity contribution in [2.45, 2.75) is 64.8 Å². The van der Waals surface area contributed by atoms with Crippen molar-refractivity contribution < 1.29 is 0 Å². The SMILES string of the molecule is CC1CCCN(CCCCCCCN)C1C. The van der Waals surface area contributed by atoms with Gasteiger partial charge in [0.2, 0.25) is 0 Å². The molecule has 2 nitrogen and oxygen atoms in total. The van der Waals surface area contributed by atoms with Crippen molar-refractivity contribution in [2.24, 2.45) is 11.7 Å². The highest BCUT2D eigenvalue weighted by molar-refractivity contribution is 4.78. The average Bonchev–Trinajstić information content (AvgIpc) is 2.29. The van der Waals surface area contributed by atoms with Gasteiger partial charge in [-0.3, -0.25) is 0 Å². The number of piperidine rings is 1. The van der Waals surface area contributed by atoms with Crippen LogP contribution in [0.25, 0.3) is 0 Å². The standard InChI is InChI=1S/C14H30N2/c1-13-9-8-12-16(14(13)2)11-7-5-3-4-6-10-15/h13-14H,3-12,15H2,1-2H3. The monoisotopic (exact) mass is 226 g/mol. The highest BCUT2D eigenvalue weighted by Crippen LogP contribution is 2.23.